The summed E-state index contributed by atoms with van der Waals surface area (Å²) >= 11 is 3.24. The lowest BCUT2D eigenvalue weighted by molar-refractivity contribution is 0.0415. The number of halogens is 2. The van der Waals surface area contributed by atoms with Crippen molar-refractivity contribution in [2.24, 2.45) is 0 Å². The highest BCUT2D eigenvalue weighted by atomic mass is 79.9. The zero-order chi connectivity index (χ0) is 16.1. The number of aliphatic hydroxyl groups is 1. The molecular weight excluding hydrogens is 351 g/mol. The molecule has 0 saturated heterocycles. The highest BCUT2D eigenvalue weighted by molar-refractivity contribution is 9.10. The summed E-state index contributed by atoms with van der Waals surface area (Å²) in [5, 5.41) is 10.00. The monoisotopic (exact) mass is 366 g/mol. The van der Waals surface area contributed by atoms with E-state index in [9.17, 15) is 14.3 Å². The Morgan fingerprint density at radius 2 is 2.05 bits per heavy atom. The number of nitrogens with zero attached hydrogens (tertiary/aromatic N) is 2. The SMILES string of the molecule is CN(C[C@@H](O)[C@@H](F)c1ccccc1)C(=O)c1cncc(Br)c1. The van der Waals surface area contributed by atoms with Gasteiger partial charge in [-0.05, 0) is 27.6 Å². The van der Waals surface area contributed by atoms with Gasteiger partial charge in [-0.2, -0.15) is 0 Å². The first-order valence-electron chi connectivity index (χ1n) is 6.72. The Hall–Kier alpha value is -1.79. The maximum absolute atomic E-state index is 14.2. The number of hydrogen-bond acceptors (Lipinski definition) is 3. The molecule has 2 rings (SSSR count). The molecule has 22 heavy (non-hydrogen) atoms. The summed E-state index contributed by atoms with van der Waals surface area (Å²) in [4.78, 5) is 17.4. The molecule has 116 valence electrons. The Kier molecular flexibility index (Phi) is 5.63. The third-order valence-electron chi connectivity index (χ3n) is 3.22. The van der Waals surface area contributed by atoms with E-state index >= 15 is 0 Å². The van der Waals surface area contributed by atoms with Gasteiger partial charge in [0, 0.05) is 30.5 Å². The summed E-state index contributed by atoms with van der Waals surface area (Å²) < 4.78 is 14.9. The van der Waals surface area contributed by atoms with E-state index in [1.165, 1.54) is 18.1 Å². The van der Waals surface area contributed by atoms with Crippen molar-refractivity contribution in [1.82, 2.24) is 9.88 Å². The van der Waals surface area contributed by atoms with Crippen LogP contribution in [0.15, 0.2) is 53.3 Å². The Balaban J connectivity index is 2.02. The predicted molar refractivity (Wildman–Crippen MR) is 85.2 cm³/mol. The molecule has 1 heterocycles. The van der Waals surface area contributed by atoms with E-state index in [1.54, 1.807) is 42.6 Å². The Morgan fingerprint density at radius 1 is 1.36 bits per heavy atom. The second-order valence-electron chi connectivity index (χ2n) is 4.96. The molecule has 0 spiro atoms. The van der Waals surface area contributed by atoms with Crippen molar-refractivity contribution in [2.75, 3.05) is 13.6 Å². The van der Waals surface area contributed by atoms with Crippen LogP contribution >= 0.6 is 15.9 Å². The van der Waals surface area contributed by atoms with Gasteiger partial charge in [-0.3, -0.25) is 9.78 Å². The topological polar surface area (TPSA) is 53.4 Å². The summed E-state index contributed by atoms with van der Waals surface area (Å²) in [5.74, 6) is -0.326. The molecule has 1 N–H and O–H groups in total. The smallest absolute Gasteiger partial charge is 0.255 e. The van der Waals surface area contributed by atoms with E-state index in [1.807, 2.05) is 0 Å². The Morgan fingerprint density at radius 3 is 2.68 bits per heavy atom. The van der Waals surface area contributed by atoms with Crippen LogP contribution in [0, 0.1) is 0 Å². The number of carbonyl (C=O) groups excluding carboxylic acids is 1. The Labute approximate surface area is 136 Å². The fourth-order valence-electron chi connectivity index (χ4n) is 2.06. The van der Waals surface area contributed by atoms with Gasteiger partial charge in [0.15, 0.2) is 6.17 Å². The number of aromatic nitrogens is 1. The first-order chi connectivity index (χ1) is 10.5. The van der Waals surface area contributed by atoms with Gasteiger partial charge in [0.25, 0.3) is 5.91 Å². The zero-order valence-electron chi connectivity index (χ0n) is 12.0. The van der Waals surface area contributed by atoms with Gasteiger partial charge in [-0.1, -0.05) is 30.3 Å². The second kappa shape index (κ2) is 7.47. The van der Waals surface area contributed by atoms with Gasteiger partial charge in [-0.15, -0.1) is 0 Å². The van der Waals surface area contributed by atoms with Crippen molar-refractivity contribution in [1.29, 1.82) is 0 Å². The molecule has 0 fully saturated rings. The van der Waals surface area contributed by atoms with E-state index in [0.717, 1.165) is 0 Å². The second-order valence-corrected chi connectivity index (χ2v) is 5.87. The number of hydrogen-bond donors (Lipinski definition) is 1. The third kappa shape index (κ3) is 4.11. The summed E-state index contributed by atoms with van der Waals surface area (Å²) in [6, 6.07) is 10.0. The molecule has 0 aliphatic heterocycles. The van der Waals surface area contributed by atoms with Crippen molar-refractivity contribution in [3.05, 3.63) is 64.4 Å². The number of alkyl halides is 1. The van der Waals surface area contributed by atoms with Crippen LogP contribution in [0.4, 0.5) is 4.39 Å². The van der Waals surface area contributed by atoms with Crippen LogP contribution in [0.5, 0.6) is 0 Å². The lowest BCUT2D eigenvalue weighted by atomic mass is 10.1. The third-order valence-corrected chi connectivity index (χ3v) is 3.65. The average Bonchev–Trinajstić information content (AvgIpc) is 2.54. The van der Waals surface area contributed by atoms with Gasteiger partial charge < -0.3 is 10.0 Å². The van der Waals surface area contributed by atoms with Crippen LogP contribution in [0.3, 0.4) is 0 Å². The first-order valence-corrected chi connectivity index (χ1v) is 7.51. The quantitative estimate of drug-likeness (QED) is 0.884. The van der Waals surface area contributed by atoms with E-state index < -0.39 is 12.3 Å². The number of amides is 1. The summed E-state index contributed by atoms with van der Waals surface area (Å²) in [6.07, 6.45) is 0.159. The minimum absolute atomic E-state index is 0.110. The summed E-state index contributed by atoms with van der Waals surface area (Å²) in [7, 11) is 1.52. The normalized spacial score (nSPS) is 13.5. The molecule has 4 nitrogen and oxygen atoms in total. The Bertz CT molecular complexity index is 639. The lowest BCUT2D eigenvalue weighted by Gasteiger charge is -2.23. The molecule has 0 saturated carbocycles. The average molecular weight is 367 g/mol. The maximum atomic E-state index is 14.2. The molecule has 1 aromatic carbocycles. The lowest BCUT2D eigenvalue weighted by Crippen LogP contribution is -2.36. The molecule has 1 amide bonds. The van der Waals surface area contributed by atoms with Crippen molar-refractivity contribution in [2.45, 2.75) is 12.3 Å². The molecule has 0 bridgehead atoms. The molecule has 0 radical (unpaired) electrons. The van der Waals surface area contributed by atoms with Gasteiger partial charge >= 0.3 is 0 Å². The van der Waals surface area contributed by atoms with Crippen LogP contribution in [0.2, 0.25) is 0 Å². The van der Waals surface area contributed by atoms with Crippen LogP contribution in [0.1, 0.15) is 22.1 Å². The van der Waals surface area contributed by atoms with Gasteiger partial charge in [0.2, 0.25) is 0 Å². The van der Waals surface area contributed by atoms with Crippen LogP contribution in [-0.2, 0) is 0 Å². The van der Waals surface area contributed by atoms with Gasteiger partial charge in [0.05, 0.1) is 5.56 Å². The fourth-order valence-corrected chi connectivity index (χ4v) is 2.43. The molecule has 2 atom stereocenters. The van der Waals surface area contributed by atoms with Crippen LogP contribution in [-0.4, -0.2) is 40.6 Å². The van der Waals surface area contributed by atoms with Gasteiger partial charge in [-0.25, -0.2) is 4.39 Å². The minimum atomic E-state index is -1.54. The molecule has 6 heteroatoms. The molecule has 0 aliphatic carbocycles. The van der Waals surface area contributed by atoms with Gasteiger partial charge in [0.1, 0.15) is 6.10 Å². The number of pyridine rings is 1. The van der Waals surface area contributed by atoms with Crippen molar-refractivity contribution >= 4 is 21.8 Å². The minimum Gasteiger partial charge on any atom is -0.388 e. The van der Waals surface area contributed by atoms with Crippen molar-refractivity contribution in [3.8, 4) is 0 Å². The largest absolute Gasteiger partial charge is 0.388 e. The van der Waals surface area contributed by atoms with E-state index in [4.69, 9.17) is 0 Å². The molecule has 0 aliphatic rings. The number of likely N-dealkylation sites (N-methyl/N-ethyl adjacent to an activating group) is 1. The first kappa shape index (κ1) is 16.6. The van der Waals surface area contributed by atoms with E-state index in [2.05, 4.69) is 20.9 Å². The van der Waals surface area contributed by atoms with Crippen molar-refractivity contribution < 1.29 is 14.3 Å². The molecule has 0 unspecified atom stereocenters. The zero-order valence-corrected chi connectivity index (χ0v) is 13.6. The predicted octanol–water partition coefficient (Wildman–Crippen LogP) is 2.99. The highest BCUT2D eigenvalue weighted by Gasteiger charge is 2.24. The van der Waals surface area contributed by atoms with E-state index in [-0.39, 0.29) is 12.5 Å². The molecule has 1 aromatic heterocycles. The maximum Gasteiger partial charge on any atom is 0.255 e. The summed E-state index contributed by atoms with van der Waals surface area (Å²) in [5.41, 5.74) is 0.763. The number of carbonyl (C=O) groups is 1. The standard InChI is InChI=1S/C16H16BrFN2O2/c1-20(16(22)12-7-13(17)9-19-8-12)10-14(21)15(18)11-5-3-2-4-6-11/h2-9,14-15,21H,10H2,1H3/t14-,15+/m1/s1. The molecule has 2 aromatic rings. The number of aliphatic hydroxyl groups excluding tert-OH is 1. The number of rotatable bonds is 5. The fraction of sp³-hybridized carbons (Fsp3) is 0.250. The van der Waals surface area contributed by atoms with Crippen LogP contribution in [0.25, 0.3) is 0 Å². The highest BCUT2D eigenvalue weighted by Crippen LogP contribution is 2.22. The molecular formula is C16H16BrFN2O2. The summed E-state index contributed by atoms with van der Waals surface area (Å²) in [6.45, 7) is -0.110. The van der Waals surface area contributed by atoms with Crippen molar-refractivity contribution in [3.63, 3.8) is 0 Å². The van der Waals surface area contributed by atoms with Crippen LogP contribution < -0.4 is 0 Å². The van der Waals surface area contributed by atoms with E-state index in [0.29, 0.717) is 15.6 Å². The number of benzene rings is 1.